The zero-order chi connectivity index (χ0) is 12.6. The number of carbonyl (C=O) groups is 2. The summed E-state index contributed by atoms with van der Waals surface area (Å²) in [6.07, 6.45) is 0. The number of hydrogen-bond acceptors (Lipinski definition) is 5. The Morgan fingerprint density at radius 3 is 2.82 bits per heavy atom. The number of benzene rings is 1. The molecular weight excluding hydrogens is 292 g/mol. The standard InChI is InChI=1S/C11H9BrO5/c1-5(13)17-10-7(15-2)3-6-4-16-11(14)8(6)9(10)12/h3H,4H2,1-2H3. The Morgan fingerprint density at radius 1 is 1.53 bits per heavy atom. The molecule has 1 aliphatic rings. The summed E-state index contributed by atoms with van der Waals surface area (Å²) in [5, 5.41) is 0. The molecule has 5 nitrogen and oxygen atoms in total. The third-order valence-electron chi connectivity index (χ3n) is 2.30. The van der Waals surface area contributed by atoms with Gasteiger partial charge in [0.1, 0.15) is 6.61 Å². The van der Waals surface area contributed by atoms with Crippen molar-refractivity contribution in [1.82, 2.24) is 0 Å². The number of ether oxygens (including phenoxy) is 3. The molecule has 0 aliphatic carbocycles. The third kappa shape index (κ3) is 2.00. The van der Waals surface area contributed by atoms with E-state index in [1.807, 2.05) is 0 Å². The van der Waals surface area contributed by atoms with Gasteiger partial charge in [-0.2, -0.15) is 0 Å². The first-order chi connectivity index (χ1) is 8.04. The second kappa shape index (κ2) is 4.37. The SMILES string of the molecule is COc1cc2c(c(Br)c1OC(C)=O)C(=O)OC2. The number of halogens is 1. The van der Waals surface area contributed by atoms with Crippen molar-refractivity contribution in [3.63, 3.8) is 0 Å². The quantitative estimate of drug-likeness (QED) is 0.618. The Balaban J connectivity index is 2.61. The molecule has 1 aromatic rings. The highest BCUT2D eigenvalue weighted by molar-refractivity contribution is 9.10. The van der Waals surface area contributed by atoms with Gasteiger partial charge in [-0.25, -0.2) is 4.79 Å². The molecule has 0 radical (unpaired) electrons. The predicted octanol–water partition coefficient (Wildman–Crippen LogP) is 2.05. The van der Waals surface area contributed by atoms with Crippen LogP contribution in [-0.2, 0) is 16.1 Å². The van der Waals surface area contributed by atoms with E-state index in [1.54, 1.807) is 6.07 Å². The summed E-state index contributed by atoms with van der Waals surface area (Å²) in [4.78, 5) is 22.5. The van der Waals surface area contributed by atoms with Gasteiger partial charge in [-0.3, -0.25) is 4.79 Å². The lowest BCUT2D eigenvalue weighted by molar-refractivity contribution is -0.132. The van der Waals surface area contributed by atoms with Crippen LogP contribution in [0.3, 0.4) is 0 Å². The van der Waals surface area contributed by atoms with E-state index in [-0.39, 0.29) is 12.4 Å². The molecule has 1 aliphatic heterocycles. The van der Waals surface area contributed by atoms with E-state index >= 15 is 0 Å². The van der Waals surface area contributed by atoms with E-state index in [0.29, 0.717) is 21.3 Å². The summed E-state index contributed by atoms with van der Waals surface area (Å²) in [6, 6.07) is 1.63. The van der Waals surface area contributed by atoms with Gasteiger partial charge >= 0.3 is 11.9 Å². The van der Waals surface area contributed by atoms with Gasteiger partial charge in [0.2, 0.25) is 0 Å². The molecular formula is C11H9BrO5. The molecule has 0 N–H and O–H groups in total. The molecule has 0 saturated heterocycles. The number of hydrogen-bond donors (Lipinski definition) is 0. The highest BCUT2D eigenvalue weighted by atomic mass is 79.9. The van der Waals surface area contributed by atoms with Gasteiger partial charge in [0.05, 0.1) is 17.1 Å². The van der Waals surface area contributed by atoms with Crippen molar-refractivity contribution in [2.75, 3.05) is 7.11 Å². The maximum absolute atomic E-state index is 11.5. The highest BCUT2D eigenvalue weighted by Crippen LogP contribution is 2.42. The molecule has 0 unspecified atom stereocenters. The van der Waals surface area contributed by atoms with Crippen LogP contribution in [0.5, 0.6) is 11.5 Å². The fourth-order valence-electron chi connectivity index (χ4n) is 1.60. The van der Waals surface area contributed by atoms with Crippen LogP contribution in [0.1, 0.15) is 22.8 Å². The van der Waals surface area contributed by atoms with Crippen LogP contribution < -0.4 is 9.47 Å². The van der Waals surface area contributed by atoms with Crippen molar-refractivity contribution in [2.45, 2.75) is 13.5 Å². The molecule has 6 heteroatoms. The second-order valence-corrected chi connectivity index (χ2v) is 4.22. The average molecular weight is 301 g/mol. The van der Waals surface area contributed by atoms with Crippen LogP contribution in [0.15, 0.2) is 10.5 Å². The molecule has 90 valence electrons. The van der Waals surface area contributed by atoms with Crippen molar-refractivity contribution < 1.29 is 23.8 Å². The summed E-state index contributed by atoms with van der Waals surface area (Å²) in [7, 11) is 1.46. The van der Waals surface area contributed by atoms with Crippen molar-refractivity contribution in [1.29, 1.82) is 0 Å². The molecule has 1 aromatic carbocycles. The lowest BCUT2D eigenvalue weighted by atomic mass is 10.1. The Hall–Kier alpha value is -1.56. The van der Waals surface area contributed by atoms with E-state index in [0.717, 1.165) is 0 Å². The summed E-state index contributed by atoms with van der Waals surface area (Å²) in [5.74, 6) is -0.361. The minimum atomic E-state index is -0.490. The van der Waals surface area contributed by atoms with E-state index in [4.69, 9.17) is 14.2 Å². The van der Waals surface area contributed by atoms with Gasteiger partial charge in [-0.05, 0) is 22.0 Å². The number of carbonyl (C=O) groups excluding carboxylic acids is 2. The molecule has 0 spiro atoms. The molecule has 1 heterocycles. The van der Waals surface area contributed by atoms with Gasteiger partial charge in [-0.1, -0.05) is 0 Å². The fourth-order valence-corrected chi connectivity index (χ4v) is 2.29. The van der Waals surface area contributed by atoms with Gasteiger partial charge in [0.25, 0.3) is 0 Å². The lowest BCUT2D eigenvalue weighted by Crippen LogP contribution is -2.06. The number of esters is 2. The minimum absolute atomic E-state index is 0.192. The largest absolute Gasteiger partial charge is 0.493 e. The van der Waals surface area contributed by atoms with Crippen molar-refractivity contribution in [3.05, 3.63) is 21.7 Å². The van der Waals surface area contributed by atoms with Gasteiger partial charge in [0, 0.05) is 12.5 Å². The predicted molar refractivity (Wildman–Crippen MR) is 61.1 cm³/mol. The molecule has 2 rings (SSSR count). The van der Waals surface area contributed by atoms with Crippen LogP contribution in [0.4, 0.5) is 0 Å². The summed E-state index contributed by atoms with van der Waals surface area (Å²) in [6.45, 7) is 1.47. The highest BCUT2D eigenvalue weighted by Gasteiger charge is 2.29. The maximum Gasteiger partial charge on any atom is 0.340 e. The van der Waals surface area contributed by atoms with Crippen LogP contribution in [0, 0.1) is 0 Å². The van der Waals surface area contributed by atoms with E-state index in [9.17, 15) is 9.59 Å². The molecule has 0 aromatic heterocycles. The van der Waals surface area contributed by atoms with E-state index in [1.165, 1.54) is 14.0 Å². The van der Waals surface area contributed by atoms with Crippen LogP contribution in [0.25, 0.3) is 0 Å². The summed E-state index contributed by atoms with van der Waals surface area (Å²) in [5.41, 5.74) is 1.08. The second-order valence-electron chi connectivity index (χ2n) is 3.43. The first-order valence-electron chi connectivity index (χ1n) is 4.79. The molecule has 0 amide bonds. The zero-order valence-electron chi connectivity index (χ0n) is 9.20. The van der Waals surface area contributed by atoms with Crippen molar-refractivity contribution in [3.8, 4) is 11.5 Å². The van der Waals surface area contributed by atoms with Crippen molar-refractivity contribution in [2.24, 2.45) is 0 Å². The number of rotatable bonds is 2. The van der Waals surface area contributed by atoms with E-state index < -0.39 is 11.9 Å². The smallest absolute Gasteiger partial charge is 0.340 e. The number of cyclic esters (lactones) is 1. The monoisotopic (exact) mass is 300 g/mol. The van der Waals surface area contributed by atoms with Gasteiger partial charge in [0.15, 0.2) is 11.5 Å². The normalized spacial score (nSPS) is 13.0. The van der Waals surface area contributed by atoms with E-state index in [2.05, 4.69) is 15.9 Å². The first-order valence-corrected chi connectivity index (χ1v) is 5.58. The Morgan fingerprint density at radius 2 is 2.24 bits per heavy atom. The molecule has 0 atom stereocenters. The molecule has 0 bridgehead atoms. The van der Waals surface area contributed by atoms with Crippen LogP contribution in [-0.4, -0.2) is 19.0 Å². The van der Waals surface area contributed by atoms with Crippen molar-refractivity contribution >= 4 is 27.9 Å². The first kappa shape index (κ1) is 11.9. The Bertz CT molecular complexity index is 509. The Labute approximate surface area is 106 Å². The number of fused-ring (bicyclic) bond motifs is 1. The maximum atomic E-state index is 11.5. The topological polar surface area (TPSA) is 61.8 Å². The van der Waals surface area contributed by atoms with Crippen LogP contribution >= 0.6 is 15.9 Å². The van der Waals surface area contributed by atoms with Gasteiger partial charge < -0.3 is 14.2 Å². The Kier molecular flexibility index (Phi) is 3.06. The summed E-state index contributed by atoms with van der Waals surface area (Å²) >= 11 is 3.23. The summed E-state index contributed by atoms with van der Waals surface area (Å²) < 4.78 is 15.4. The van der Waals surface area contributed by atoms with Gasteiger partial charge in [-0.15, -0.1) is 0 Å². The third-order valence-corrected chi connectivity index (χ3v) is 3.05. The van der Waals surface area contributed by atoms with Crippen LogP contribution in [0.2, 0.25) is 0 Å². The average Bonchev–Trinajstić information content (AvgIpc) is 2.63. The number of methoxy groups -OCH3 is 1. The molecule has 0 saturated carbocycles. The lowest BCUT2D eigenvalue weighted by Gasteiger charge is -2.11. The molecule has 0 fully saturated rings. The zero-order valence-corrected chi connectivity index (χ0v) is 10.8. The fraction of sp³-hybridized carbons (Fsp3) is 0.273. The minimum Gasteiger partial charge on any atom is -0.493 e. The molecule has 17 heavy (non-hydrogen) atoms.